The predicted octanol–water partition coefficient (Wildman–Crippen LogP) is 1.24. The first-order chi connectivity index (χ1) is 15.7. The van der Waals surface area contributed by atoms with Gasteiger partial charge in [0.05, 0.1) is 30.9 Å². The lowest BCUT2D eigenvalue weighted by Crippen LogP contribution is -2.47. The minimum absolute atomic E-state index is 0.104. The summed E-state index contributed by atoms with van der Waals surface area (Å²) in [5.41, 5.74) is 6.99. The van der Waals surface area contributed by atoms with Crippen molar-refractivity contribution in [3.8, 4) is 17.7 Å². The van der Waals surface area contributed by atoms with Gasteiger partial charge in [-0.3, -0.25) is 19.4 Å². The third-order valence-electron chi connectivity index (χ3n) is 5.21. The highest BCUT2D eigenvalue weighted by atomic mass is 16.5. The quantitative estimate of drug-likeness (QED) is 0.501. The van der Waals surface area contributed by atoms with Crippen LogP contribution in [0, 0.1) is 11.8 Å². The maximum absolute atomic E-state index is 12.7. The molecule has 2 aromatic rings. The van der Waals surface area contributed by atoms with Crippen molar-refractivity contribution in [1.29, 1.82) is 0 Å². The Hall–Kier alpha value is -3.77. The molecule has 0 radical (unpaired) electrons. The van der Waals surface area contributed by atoms with Gasteiger partial charge in [0.1, 0.15) is 5.69 Å². The van der Waals surface area contributed by atoms with Crippen molar-refractivity contribution in [1.82, 2.24) is 19.8 Å². The van der Waals surface area contributed by atoms with Gasteiger partial charge in [-0.2, -0.15) is 0 Å². The zero-order chi connectivity index (χ0) is 24.0. The van der Waals surface area contributed by atoms with E-state index >= 15 is 0 Å². The molecule has 0 saturated heterocycles. The summed E-state index contributed by atoms with van der Waals surface area (Å²) in [5.74, 6) is 6.06. The Bertz CT molecular complexity index is 1120. The number of carbonyl (C=O) groups is 2. The topological polar surface area (TPSA) is 114 Å². The second-order valence-electron chi connectivity index (χ2n) is 8.29. The summed E-state index contributed by atoms with van der Waals surface area (Å²) in [6, 6.07) is 7.46. The second kappa shape index (κ2) is 10.2. The average molecular weight is 449 g/mol. The molecular formula is C24H28N6O3. The summed E-state index contributed by atoms with van der Waals surface area (Å²) < 4.78 is 5.43. The van der Waals surface area contributed by atoms with Crippen LogP contribution in [0.5, 0.6) is 5.88 Å². The summed E-state index contributed by atoms with van der Waals surface area (Å²) in [7, 11) is 5.48. The predicted molar refractivity (Wildman–Crippen MR) is 125 cm³/mol. The molecule has 33 heavy (non-hydrogen) atoms. The van der Waals surface area contributed by atoms with Crippen LogP contribution >= 0.6 is 0 Å². The number of rotatable bonds is 7. The molecule has 0 fully saturated rings. The minimum Gasteiger partial charge on any atom is -0.463 e. The Morgan fingerprint density at radius 2 is 2.06 bits per heavy atom. The van der Waals surface area contributed by atoms with Gasteiger partial charge in [-0.15, -0.1) is 0 Å². The Balaban J connectivity index is 1.65. The van der Waals surface area contributed by atoms with Crippen molar-refractivity contribution in [3.63, 3.8) is 0 Å². The van der Waals surface area contributed by atoms with E-state index in [-0.39, 0.29) is 42.8 Å². The number of hydrogen-bond acceptors (Lipinski definition) is 8. The highest BCUT2D eigenvalue weighted by molar-refractivity contribution is 5.99. The highest BCUT2D eigenvalue weighted by Crippen LogP contribution is 2.33. The number of carbonyl (C=O) groups excluding carboxylic acids is 2. The number of aromatic nitrogens is 2. The van der Waals surface area contributed by atoms with Gasteiger partial charge >= 0.3 is 0 Å². The van der Waals surface area contributed by atoms with Gasteiger partial charge in [-0.25, -0.2) is 15.0 Å². The third-order valence-corrected chi connectivity index (χ3v) is 5.21. The lowest BCUT2D eigenvalue weighted by molar-refractivity contribution is -0.128. The molecule has 0 spiro atoms. The molecule has 1 atom stereocenters. The first kappa shape index (κ1) is 23.9. The Morgan fingerprint density at radius 1 is 1.27 bits per heavy atom. The largest absolute Gasteiger partial charge is 0.463 e. The Labute approximate surface area is 193 Å². The standard InChI is InChI=1S/C24H28N6O3/c1-24(14-22(32)30(4)23(25)28-24)18-9-7-8-17(12-18)13-20(31)19-15-27-21(16-26-19)33-11-6-5-10-29(2)3/h7-9,12,15-16H,10-11,13-14H2,1-4H3,(H2,25,28). The number of hydrogen-bond donors (Lipinski definition) is 1. The number of nitrogens with two attached hydrogens (primary N) is 1. The highest BCUT2D eigenvalue weighted by Gasteiger charge is 2.36. The van der Waals surface area contributed by atoms with Gasteiger partial charge in [0, 0.05) is 13.5 Å². The molecule has 172 valence electrons. The number of ketones is 1. The van der Waals surface area contributed by atoms with Crippen LogP contribution in [0.15, 0.2) is 41.7 Å². The number of amides is 1. The average Bonchev–Trinajstić information content (AvgIpc) is 2.77. The van der Waals surface area contributed by atoms with Gasteiger partial charge in [0.15, 0.2) is 18.3 Å². The molecule has 1 aliphatic heterocycles. The number of Topliss-reactive ketones (excluding diaryl/α,β-unsaturated/α-hetero) is 1. The fourth-order valence-electron chi connectivity index (χ4n) is 3.28. The van der Waals surface area contributed by atoms with E-state index in [2.05, 4.69) is 26.8 Å². The van der Waals surface area contributed by atoms with Crippen molar-refractivity contribution in [3.05, 3.63) is 53.5 Å². The first-order valence-corrected chi connectivity index (χ1v) is 10.5. The maximum atomic E-state index is 12.7. The van der Waals surface area contributed by atoms with E-state index < -0.39 is 5.54 Å². The van der Waals surface area contributed by atoms with E-state index in [1.165, 1.54) is 17.3 Å². The van der Waals surface area contributed by atoms with E-state index in [1.807, 2.05) is 50.2 Å². The first-order valence-electron chi connectivity index (χ1n) is 10.5. The van der Waals surface area contributed by atoms with E-state index in [0.29, 0.717) is 12.4 Å². The number of guanidine groups is 1. The Morgan fingerprint density at radius 3 is 2.73 bits per heavy atom. The van der Waals surface area contributed by atoms with Gasteiger partial charge < -0.3 is 10.5 Å². The zero-order valence-electron chi connectivity index (χ0n) is 19.3. The summed E-state index contributed by atoms with van der Waals surface area (Å²) in [4.78, 5) is 41.1. The van der Waals surface area contributed by atoms with Crippen molar-refractivity contribution >= 4 is 17.6 Å². The number of aliphatic imine (C=N–C) groups is 1. The molecule has 9 heteroatoms. The monoisotopic (exact) mass is 448 g/mol. The van der Waals surface area contributed by atoms with Crippen LogP contribution in [0.2, 0.25) is 0 Å². The molecule has 0 aliphatic carbocycles. The lowest BCUT2D eigenvalue weighted by Gasteiger charge is -2.33. The molecule has 1 aromatic carbocycles. The molecule has 0 bridgehead atoms. The number of nitrogens with zero attached hydrogens (tertiary/aromatic N) is 5. The van der Waals surface area contributed by atoms with Crippen molar-refractivity contribution in [2.45, 2.75) is 25.3 Å². The van der Waals surface area contributed by atoms with Gasteiger partial charge in [-0.05, 0) is 32.1 Å². The van der Waals surface area contributed by atoms with Crippen LogP contribution in [0.25, 0.3) is 0 Å². The van der Waals surface area contributed by atoms with Crippen LogP contribution in [-0.4, -0.2) is 71.7 Å². The minimum atomic E-state index is -0.777. The molecule has 9 nitrogen and oxygen atoms in total. The van der Waals surface area contributed by atoms with Crippen LogP contribution in [0.1, 0.15) is 35.0 Å². The molecular weight excluding hydrogens is 420 g/mol. The normalized spacial score (nSPS) is 17.9. The molecule has 2 heterocycles. The fraction of sp³-hybridized carbons (Fsp3) is 0.375. The summed E-state index contributed by atoms with van der Waals surface area (Å²) in [5, 5.41) is 0. The van der Waals surface area contributed by atoms with Crippen LogP contribution < -0.4 is 10.5 Å². The maximum Gasteiger partial charge on any atom is 0.233 e. The van der Waals surface area contributed by atoms with Gasteiger partial charge in [0.25, 0.3) is 0 Å². The molecule has 2 N–H and O–H groups in total. The van der Waals surface area contributed by atoms with E-state index in [4.69, 9.17) is 10.5 Å². The van der Waals surface area contributed by atoms with Crippen molar-refractivity contribution in [2.75, 3.05) is 34.3 Å². The Kier molecular flexibility index (Phi) is 7.41. The van der Waals surface area contributed by atoms with E-state index in [1.54, 1.807) is 7.05 Å². The molecule has 3 rings (SSSR count). The molecule has 0 saturated carbocycles. The van der Waals surface area contributed by atoms with Crippen LogP contribution in [-0.2, 0) is 16.8 Å². The smallest absolute Gasteiger partial charge is 0.233 e. The second-order valence-corrected chi connectivity index (χ2v) is 8.29. The van der Waals surface area contributed by atoms with E-state index in [9.17, 15) is 9.59 Å². The zero-order valence-corrected chi connectivity index (χ0v) is 19.3. The number of benzene rings is 1. The lowest BCUT2D eigenvalue weighted by atomic mass is 9.86. The summed E-state index contributed by atoms with van der Waals surface area (Å²) in [6.07, 6.45) is 3.16. The summed E-state index contributed by atoms with van der Waals surface area (Å²) in [6.45, 7) is 2.71. The molecule has 1 amide bonds. The van der Waals surface area contributed by atoms with E-state index in [0.717, 1.165) is 11.1 Å². The van der Waals surface area contributed by atoms with Crippen LogP contribution in [0.3, 0.4) is 0 Å². The van der Waals surface area contributed by atoms with Gasteiger partial charge in [-0.1, -0.05) is 36.1 Å². The van der Waals surface area contributed by atoms with Gasteiger partial charge in [0.2, 0.25) is 11.8 Å². The summed E-state index contributed by atoms with van der Waals surface area (Å²) >= 11 is 0. The SMILES string of the molecule is CN(C)CC#CCOc1cnc(C(=O)Cc2cccc(C3(C)CC(=O)N(C)C(N)=N3)c2)cn1. The van der Waals surface area contributed by atoms with Crippen molar-refractivity contribution in [2.24, 2.45) is 10.7 Å². The fourth-order valence-corrected chi connectivity index (χ4v) is 3.28. The number of ether oxygens (including phenoxy) is 1. The molecule has 1 unspecified atom stereocenters. The van der Waals surface area contributed by atoms with Crippen molar-refractivity contribution < 1.29 is 14.3 Å². The van der Waals surface area contributed by atoms with Crippen LogP contribution in [0.4, 0.5) is 0 Å². The molecule has 1 aliphatic rings. The molecule has 1 aromatic heterocycles. The third kappa shape index (κ3) is 6.14.